The maximum atomic E-state index is 13.0. The van der Waals surface area contributed by atoms with E-state index in [0.29, 0.717) is 6.54 Å². The summed E-state index contributed by atoms with van der Waals surface area (Å²) < 4.78 is 13.0. The van der Waals surface area contributed by atoms with Gasteiger partial charge in [0.2, 0.25) is 0 Å². The number of allylic oxidation sites excluding steroid dienone is 1. The predicted molar refractivity (Wildman–Crippen MR) is 70.4 cm³/mol. The van der Waals surface area contributed by atoms with E-state index in [9.17, 15) is 4.39 Å². The predicted octanol–water partition coefficient (Wildman–Crippen LogP) is 2.69. The first-order valence-electron chi connectivity index (χ1n) is 5.99. The van der Waals surface area contributed by atoms with Crippen molar-refractivity contribution in [3.63, 3.8) is 0 Å². The molecule has 0 saturated heterocycles. The Morgan fingerprint density at radius 3 is 2.82 bits per heavy atom. The zero-order valence-electron chi connectivity index (χ0n) is 10.5. The molecule has 1 atom stereocenters. The second kappa shape index (κ2) is 7.20. The van der Waals surface area contributed by atoms with Crippen LogP contribution in [0.4, 0.5) is 4.39 Å². The lowest BCUT2D eigenvalue weighted by Gasteiger charge is -2.19. The van der Waals surface area contributed by atoms with Crippen molar-refractivity contribution in [1.29, 1.82) is 0 Å². The van der Waals surface area contributed by atoms with E-state index in [1.165, 1.54) is 6.07 Å². The van der Waals surface area contributed by atoms with Gasteiger partial charge >= 0.3 is 0 Å². The fraction of sp³-hybridized carbons (Fsp3) is 0.429. The van der Waals surface area contributed by atoms with Crippen molar-refractivity contribution in [3.05, 3.63) is 47.3 Å². The monoisotopic (exact) mass is 236 g/mol. The van der Waals surface area contributed by atoms with Gasteiger partial charge in [0.15, 0.2) is 0 Å². The van der Waals surface area contributed by atoms with E-state index < -0.39 is 0 Å². The summed E-state index contributed by atoms with van der Waals surface area (Å²) in [5, 5.41) is 3.38. The molecule has 2 nitrogen and oxygen atoms in total. The number of aryl methyl sites for hydroxylation is 1. The Morgan fingerprint density at radius 2 is 2.24 bits per heavy atom. The highest BCUT2D eigenvalue weighted by molar-refractivity contribution is 5.29. The zero-order valence-corrected chi connectivity index (χ0v) is 10.5. The van der Waals surface area contributed by atoms with Crippen LogP contribution in [0.2, 0.25) is 0 Å². The Labute approximate surface area is 103 Å². The molecule has 0 radical (unpaired) electrons. The first kappa shape index (κ1) is 13.9. The van der Waals surface area contributed by atoms with E-state index in [4.69, 9.17) is 5.73 Å². The van der Waals surface area contributed by atoms with Crippen LogP contribution in [0, 0.1) is 12.7 Å². The summed E-state index contributed by atoms with van der Waals surface area (Å²) in [4.78, 5) is 0. The van der Waals surface area contributed by atoms with Crippen molar-refractivity contribution >= 4 is 0 Å². The highest BCUT2D eigenvalue weighted by Crippen LogP contribution is 2.17. The van der Waals surface area contributed by atoms with Gasteiger partial charge in [-0.1, -0.05) is 18.2 Å². The Hall–Kier alpha value is -1.19. The lowest BCUT2D eigenvalue weighted by atomic mass is 10.0. The number of rotatable bonds is 6. The van der Waals surface area contributed by atoms with Crippen molar-refractivity contribution < 1.29 is 4.39 Å². The molecule has 17 heavy (non-hydrogen) atoms. The summed E-state index contributed by atoms with van der Waals surface area (Å²) in [7, 11) is 0. The van der Waals surface area contributed by atoms with Gasteiger partial charge in [-0.25, -0.2) is 4.39 Å². The van der Waals surface area contributed by atoms with Crippen LogP contribution in [0.5, 0.6) is 0 Å². The molecule has 0 amide bonds. The Morgan fingerprint density at radius 1 is 1.47 bits per heavy atom. The fourth-order valence-corrected chi connectivity index (χ4v) is 1.86. The zero-order chi connectivity index (χ0) is 12.7. The molecular weight excluding hydrogens is 215 g/mol. The summed E-state index contributed by atoms with van der Waals surface area (Å²) in [6, 6.07) is 4.94. The molecular formula is C14H21FN2. The molecule has 0 aliphatic rings. The van der Waals surface area contributed by atoms with Crippen molar-refractivity contribution in [3.8, 4) is 0 Å². The van der Waals surface area contributed by atoms with Gasteiger partial charge in [0.05, 0.1) is 0 Å². The lowest BCUT2D eigenvalue weighted by Crippen LogP contribution is -2.29. The minimum atomic E-state index is -0.198. The third kappa shape index (κ3) is 4.29. The number of halogens is 1. The molecule has 1 aromatic rings. The Kier molecular flexibility index (Phi) is 5.87. The number of nitrogens with one attached hydrogen (secondary N) is 1. The summed E-state index contributed by atoms with van der Waals surface area (Å²) in [6.07, 6.45) is 5.12. The first-order chi connectivity index (χ1) is 8.19. The molecule has 94 valence electrons. The molecule has 3 heteroatoms. The summed E-state index contributed by atoms with van der Waals surface area (Å²) in [6.45, 7) is 5.31. The second-order valence-corrected chi connectivity index (χ2v) is 4.10. The van der Waals surface area contributed by atoms with Gasteiger partial charge < -0.3 is 11.1 Å². The summed E-state index contributed by atoms with van der Waals surface area (Å²) in [5.41, 5.74) is 7.77. The van der Waals surface area contributed by atoms with Crippen molar-refractivity contribution in [1.82, 2.24) is 5.32 Å². The largest absolute Gasteiger partial charge is 0.329 e. The average Bonchev–Trinajstić information content (AvgIpc) is 2.31. The van der Waals surface area contributed by atoms with Gasteiger partial charge in [0.25, 0.3) is 0 Å². The molecule has 0 aromatic heterocycles. The maximum Gasteiger partial charge on any atom is 0.123 e. The highest BCUT2D eigenvalue weighted by Gasteiger charge is 2.11. The maximum absolute atomic E-state index is 13.0. The molecule has 0 aliphatic carbocycles. The number of hydrogen-bond acceptors (Lipinski definition) is 2. The van der Waals surface area contributed by atoms with Crippen molar-refractivity contribution in [2.24, 2.45) is 5.73 Å². The molecule has 1 rings (SSSR count). The van der Waals surface area contributed by atoms with Crippen LogP contribution in [-0.4, -0.2) is 13.1 Å². The minimum Gasteiger partial charge on any atom is -0.329 e. The van der Waals surface area contributed by atoms with Crippen LogP contribution < -0.4 is 11.1 Å². The average molecular weight is 236 g/mol. The number of nitrogens with two attached hydrogens (primary N) is 1. The molecule has 0 heterocycles. The lowest BCUT2D eigenvalue weighted by molar-refractivity contribution is 0.543. The van der Waals surface area contributed by atoms with Crippen LogP contribution in [0.3, 0.4) is 0 Å². The standard InChI is InChI=1S/C14H21FN2/c1-3-4-5-8-17-14(10-16)13-7-6-12(15)9-11(13)2/h3-4,6-7,9,14,17H,5,8,10,16H2,1-2H3/b4-3+. The molecule has 1 aromatic carbocycles. The van der Waals surface area contributed by atoms with E-state index in [1.807, 2.05) is 26.0 Å². The molecule has 1 unspecified atom stereocenters. The third-order valence-electron chi connectivity index (χ3n) is 2.78. The van der Waals surface area contributed by atoms with Gasteiger partial charge in [0.1, 0.15) is 5.82 Å². The quantitative estimate of drug-likeness (QED) is 0.588. The van der Waals surface area contributed by atoms with Crippen molar-refractivity contribution in [2.75, 3.05) is 13.1 Å². The first-order valence-corrected chi connectivity index (χ1v) is 5.99. The molecule has 0 fully saturated rings. The Bertz CT molecular complexity index is 374. The third-order valence-corrected chi connectivity index (χ3v) is 2.78. The van der Waals surface area contributed by atoms with Gasteiger partial charge in [-0.3, -0.25) is 0 Å². The molecule has 0 saturated carbocycles. The summed E-state index contributed by atoms with van der Waals surface area (Å²) in [5.74, 6) is -0.198. The van der Waals surface area contributed by atoms with Crippen LogP contribution >= 0.6 is 0 Å². The van der Waals surface area contributed by atoms with Gasteiger partial charge in [0, 0.05) is 12.6 Å². The number of benzene rings is 1. The van der Waals surface area contributed by atoms with Crippen molar-refractivity contribution in [2.45, 2.75) is 26.3 Å². The number of hydrogen-bond donors (Lipinski definition) is 2. The minimum absolute atomic E-state index is 0.0980. The molecule has 0 bridgehead atoms. The van der Waals surface area contributed by atoms with E-state index in [0.717, 1.165) is 24.1 Å². The van der Waals surface area contributed by atoms with E-state index in [2.05, 4.69) is 11.4 Å². The second-order valence-electron chi connectivity index (χ2n) is 4.10. The van der Waals surface area contributed by atoms with Gasteiger partial charge in [-0.15, -0.1) is 0 Å². The van der Waals surface area contributed by atoms with Crippen LogP contribution in [-0.2, 0) is 0 Å². The SMILES string of the molecule is C/C=C/CCNC(CN)c1ccc(F)cc1C. The van der Waals surface area contributed by atoms with E-state index >= 15 is 0 Å². The molecule has 3 N–H and O–H groups in total. The highest BCUT2D eigenvalue weighted by atomic mass is 19.1. The van der Waals surface area contributed by atoms with Gasteiger partial charge in [-0.05, 0) is 50.1 Å². The summed E-state index contributed by atoms with van der Waals surface area (Å²) >= 11 is 0. The molecule has 0 aliphatic heterocycles. The fourth-order valence-electron chi connectivity index (χ4n) is 1.86. The van der Waals surface area contributed by atoms with Gasteiger partial charge in [-0.2, -0.15) is 0 Å². The van der Waals surface area contributed by atoms with Crippen LogP contribution in [0.1, 0.15) is 30.5 Å². The molecule has 0 spiro atoms. The smallest absolute Gasteiger partial charge is 0.123 e. The van der Waals surface area contributed by atoms with Crippen LogP contribution in [0.15, 0.2) is 30.4 Å². The van der Waals surface area contributed by atoms with E-state index in [1.54, 1.807) is 6.07 Å². The van der Waals surface area contributed by atoms with E-state index in [-0.39, 0.29) is 11.9 Å². The Balaban J connectivity index is 2.65. The normalized spacial score (nSPS) is 13.2. The topological polar surface area (TPSA) is 38.0 Å². The van der Waals surface area contributed by atoms with Crippen LogP contribution in [0.25, 0.3) is 0 Å².